The van der Waals surface area contributed by atoms with Crippen molar-refractivity contribution in [1.82, 2.24) is 10.2 Å². The summed E-state index contributed by atoms with van der Waals surface area (Å²) in [4.78, 5) is 12.0. The van der Waals surface area contributed by atoms with Crippen LogP contribution in [0.5, 0.6) is 0 Å². The molecule has 0 aliphatic carbocycles. The number of nitriles is 1. The monoisotopic (exact) mass is 279 g/mol. The highest BCUT2D eigenvalue weighted by Crippen LogP contribution is 2.24. The summed E-state index contributed by atoms with van der Waals surface area (Å²) in [5.74, 6) is -0.362. The number of rotatable bonds is 4. The zero-order valence-electron chi connectivity index (χ0n) is 12.3. The maximum atomic E-state index is 12.0. The van der Waals surface area contributed by atoms with Crippen molar-refractivity contribution in [2.75, 3.05) is 0 Å². The van der Waals surface area contributed by atoms with Gasteiger partial charge in [0.05, 0.1) is 17.5 Å². The third-order valence-electron chi connectivity index (χ3n) is 3.19. The summed E-state index contributed by atoms with van der Waals surface area (Å²) in [6.45, 7) is 5.58. The predicted molar refractivity (Wildman–Crippen MR) is 82.2 cm³/mol. The van der Waals surface area contributed by atoms with Gasteiger partial charge < -0.3 is 0 Å². The molecule has 0 fully saturated rings. The van der Waals surface area contributed by atoms with Gasteiger partial charge in [-0.1, -0.05) is 37.6 Å². The van der Waals surface area contributed by atoms with Crippen molar-refractivity contribution in [3.63, 3.8) is 0 Å². The van der Waals surface area contributed by atoms with Gasteiger partial charge in [0.2, 0.25) is 0 Å². The van der Waals surface area contributed by atoms with Crippen LogP contribution in [0.1, 0.15) is 25.0 Å². The van der Waals surface area contributed by atoms with Gasteiger partial charge in [-0.2, -0.15) is 10.4 Å². The summed E-state index contributed by atoms with van der Waals surface area (Å²) >= 11 is 0. The van der Waals surface area contributed by atoms with E-state index in [1.165, 1.54) is 0 Å². The lowest BCUT2D eigenvalue weighted by Gasteiger charge is -2.04. The summed E-state index contributed by atoms with van der Waals surface area (Å²) in [6.07, 6.45) is 3.23. The fraction of sp³-hybridized carbons (Fsp3) is 0.235. The van der Waals surface area contributed by atoms with Gasteiger partial charge in [-0.3, -0.25) is 9.89 Å². The minimum Gasteiger partial charge on any atom is -0.293 e. The molecule has 4 nitrogen and oxygen atoms in total. The van der Waals surface area contributed by atoms with Gasteiger partial charge in [0.15, 0.2) is 5.78 Å². The molecule has 4 heteroatoms. The Morgan fingerprint density at radius 2 is 2.19 bits per heavy atom. The number of aromatic nitrogens is 2. The number of allylic oxidation sites excluding steroid dienone is 1. The number of Topliss-reactive ketones (excluding diaryl/α,β-unsaturated/α-hetero) is 1. The van der Waals surface area contributed by atoms with Crippen molar-refractivity contribution in [3.8, 4) is 17.3 Å². The first kappa shape index (κ1) is 14.7. The van der Waals surface area contributed by atoms with E-state index in [2.05, 4.69) is 10.2 Å². The number of hydrogen-bond donors (Lipinski definition) is 1. The first-order chi connectivity index (χ1) is 10.0. The standard InChI is InChI=1S/C17H17N3O/c1-11(2)17(21)14(9-18)8-15-10-19-20-16(15)13-6-4-5-12(3)7-13/h4-8,10-11H,1-3H3,(H,19,20). The molecule has 0 saturated heterocycles. The summed E-state index contributed by atoms with van der Waals surface area (Å²) in [5.41, 5.74) is 3.82. The number of benzene rings is 1. The van der Waals surface area contributed by atoms with Crippen LogP contribution in [-0.2, 0) is 4.79 Å². The van der Waals surface area contributed by atoms with Gasteiger partial charge >= 0.3 is 0 Å². The van der Waals surface area contributed by atoms with Crippen LogP contribution in [0.2, 0.25) is 0 Å². The van der Waals surface area contributed by atoms with Crippen molar-refractivity contribution in [3.05, 3.63) is 47.2 Å². The fourth-order valence-electron chi connectivity index (χ4n) is 2.06. The molecule has 2 rings (SSSR count). The quantitative estimate of drug-likeness (QED) is 0.687. The molecule has 0 radical (unpaired) electrons. The molecule has 106 valence electrons. The lowest BCUT2D eigenvalue weighted by atomic mass is 9.98. The second-order valence-electron chi connectivity index (χ2n) is 5.26. The van der Waals surface area contributed by atoms with E-state index in [-0.39, 0.29) is 17.3 Å². The molecule has 1 heterocycles. The molecule has 1 aromatic carbocycles. The molecular weight excluding hydrogens is 262 g/mol. The summed E-state index contributed by atoms with van der Waals surface area (Å²) in [6, 6.07) is 9.95. The topological polar surface area (TPSA) is 69.5 Å². The first-order valence-electron chi connectivity index (χ1n) is 6.79. The van der Waals surface area contributed by atoms with Crippen molar-refractivity contribution < 1.29 is 4.79 Å². The van der Waals surface area contributed by atoms with E-state index in [9.17, 15) is 10.1 Å². The second-order valence-corrected chi connectivity index (χ2v) is 5.26. The van der Waals surface area contributed by atoms with E-state index in [1.807, 2.05) is 37.3 Å². The Bertz CT molecular complexity index is 732. The lowest BCUT2D eigenvalue weighted by Crippen LogP contribution is -2.08. The molecular formula is C17H17N3O. The number of ketones is 1. The minimum atomic E-state index is -0.203. The fourth-order valence-corrected chi connectivity index (χ4v) is 2.06. The molecule has 0 saturated carbocycles. The second kappa shape index (κ2) is 6.19. The molecule has 0 spiro atoms. The highest BCUT2D eigenvalue weighted by molar-refractivity contribution is 6.04. The highest BCUT2D eigenvalue weighted by atomic mass is 16.1. The SMILES string of the molecule is Cc1cccc(-c2[nH]ncc2C=C(C#N)C(=O)C(C)C)c1. The summed E-state index contributed by atoms with van der Waals surface area (Å²) in [5, 5.41) is 16.1. The summed E-state index contributed by atoms with van der Waals surface area (Å²) in [7, 11) is 0. The van der Waals surface area contributed by atoms with Gasteiger partial charge in [0, 0.05) is 17.0 Å². The van der Waals surface area contributed by atoms with E-state index in [0.717, 1.165) is 22.4 Å². The van der Waals surface area contributed by atoms with Gasteiger partial charge in [-0.25, -0.2) is 0 Å². The number of nitrogens with zero attached hydrogens (tertiary/aromatic N) is 2. The van der Waals surface area contributed by atoms with Crippen LogP contribution in [0.25, 0.3) is 17.3 Å². The third-order valence-corrected chi connectivity index (χ3v) is 3.19. The normalized spacial score (nSPS) is 11.5. The van der Waals surface area contributed by atoms with Crippen LogP contribution < -0.4 is 0 Å². The molecule has 2 aromatic rings. The maximum absolute atomic E-state index is 12.0. The van der Waals surface area contributed by atoms with Crippen molar-refractivity contribution >= 4 is 11.9 Å². The Hall–Kier alpha value is -2.67. The molecule has 1 N–H and O–H groups in total. The van der Waals surface area contributed by atoms with Crippen LogP contribution in [0.3, 0.4) is 0 Å². The largest absolute Gasteiger partial charge is 0.293 e. The molecule has 1 aromatic heterocycles. The molecule has 0 unspecified atom stereocenters. The molecule has 0 atom stereocenters. The van der Waals surface area contributed by atoms with Crippen molar-refractivity contribution in [2.24, 2.45) is 5.92 Å². The number of carbonyl (C=O) groups excluding carboxylic acids is 1. The van der Waals surface area contributed by atoms with E-state index in [4.69, 9.17) is 0 Å². The van der Waals surface area contributed by atoms with E-state index in [1.54, 1.807) is 26.1 Å². The number of H-pyrrole nitrogens is 1. The molecule has 0 bridgehead atoms. The Labute approximate surface area is 124 Å². The third kappa shape index (κ3) is 3.26. The zero-order valence-corrected chi connectivity index (χ0v) is 12.3. The summed E-state index contributed by atoms with van der Waals surface area (Å²) < 4.78 is 0. The number of hydrogen-bond acceptors (Lipinski definition) is 3. The molecule has 0 aliphatic rings. The average Bonchev–Trinajstić information content (AvgIpc) is 2.92. The number of carbonyl (C=O) groups is 1. The van der Waals surface area contributed by atoms with Crippen molar-refractivity contribution in [1.29, 1.82) is 5.26 Å². The smallest absolute Gasteiger partial charge is 0.175 e. The predicted octanol–water partition coefficient (Wildman–Crippen LogP) is 3.52. The zero-order chi connectivity index (χ0) is 15.4. The Kier molecular flexibility index (Phi) is 4.34. The Balaban J connectivity index is 2.46. The average molecular weight is 279 g/mol. The van der Waals surface area contributed by atoms with Crippen LogP contribution in [0, 0.1) is 24.2 Å². The van der Waals surface area contributed by atoms with Crippen LogP contribution in [0.15, 0.2) is 36.0 Å². The number of aromatic amines is 1. The number of nitrogens with one attached hydrogen (secondary N) is 1. The number of aryl methyl sites for hydroxylation is 1. The first-order valence-corrected chi connectivity index (χ1v) is 6.79. The van der Waals surface area contributed by atoms with E-state index < -0.39 is 0 Å². The molecule has 21 heavy (non-hydrogen) atoms. The van der Waals surface area contributed by atoms with Gasteiger partial charge in [0.25, 0.3) is 0 Å². The molecule has 0 amide bonds. The Morgan fingerprint density at radius 1 is 1.43 bits per heavy atom. The van der Waals surface area contributed by atoms with E-state index >= 15 is 0 Å². The van der Waals surface area contributed by atoms with Gasteiger partial charge in [-0.15, -0.1) is 0 Å². The van der Waals surface area contributed by atoms with Crippen LogP contribution in [0.4, 0.5) is 0 Å². The van der Waals surface area contributed by atoms with Crippen LogP contribution >= 0.6 is 0 Å². The lowest BCUT2D eigenvalue weighted by molar-refractivity contribution is -0.117. The van der Waals surface area contributed by atoms with Gasteiger partial charge in [0.1, 0.15) is 6.07 Å². The van der Waals surface area contributed by atoms with Gasteiger partial charge in [-0.05, 0) is 19.1 Å². The highest BCUT2D eigenvalue weighted by Gasteiger charge is 2.15. The molecule has 0 aliphatic heterocycles. The Morgan fingerprint density at radius 3 is 2.81 bits per heavy atom. The van der Waals surface area contributed by atoms with Crippen LogP contribution in [-0.4, -0.2) is 16.0 Å². The maximum Gasteiger partial charge on any atom is 0.175 e. The van der Waals surface area contributed by atoms with Crippen molar-refractivity contribution in [2.45, 2.75) is 20.8 Å². The minimum absolute atomic E-state index is 0.153. The van der Waals surface area contributed by atoms with E-state index in [0.29, 0.717) is 0 Å².